The van der Waals surface area contributed by atoms with Gasteiger partial charge in [-0.2, -0.15) is 0 Å². The average Bonchev–Trinajstić information content (AvgIpc) is 3.34. The molecule has 1 aliphatic carbocycles. The van der Waals surface area contributed by atoms with Crippen LogP contribution >= 0.6 is 0 Å². The fraction of sp³-hybridized carbons (Fsp3) is 0.0750. The first kappa shape index (κ1) is 26.8. The molecule has 0 radical (unpaired) electrons. The molecule has 0 atom stereocenters. The van der Waals surface area contributed by atoms with E-state index in [1.807, 2.05) is 85.1 Å². The number of hydrogen-bond donors (Lipinski definition) is 0. The van der Waals surface area contributed by atoms with Crippen LogP contribution in [0.3, 0.4) is 0 Å². The van der Waals surface area contributed by atoms with Crippen LogP contribution in [0, 0.1) is 0 Å². The summed E-state index contributed by atoms with van der Waals surface area (Å²) in [6.45, 7) is 4.59. The number of rotatable bonds is 5. The Bertz CT molecular complexity index is 2100. The molecule has 8 rings (SSSR count). The van der Waals surface area contributed by atoms with E-state index in [-0.39, 0.29) is 5.41 Å². The lowest BCUT2D eigenvalue weighted by Crippen LogP contribution is -2.14. The van der Waals surface area contributed by atoms with Gasteiger partial charge in [-0.15, -0.1) is 0 Å². The molecule has 0 aliphatic heterocycles. The van der Waals surface area contributed by atoms with E-state index in [2.05, 4.69) is 67.4 Å². The first-order valence-corrected chi connectivity index (χ1v) is 15.1. The summed E-state index contributed by atoms with van der Waals surface area (Å²) in [6.07, 6.45) is 3.70. The predicted octanol–water partition coefficient (Wildman–Crippen LogP) is 9.30. The SMILES string of the molecule is CC1(C)c2ccc(-c3ccc(-c4ccccn4)cn3)cc2-c2cc(-c3nc(-c4ccccc4)nc(-c4ccccc4)n3)ccc21. The van der Waals surface area contributed by atoms with Crippen LogP contribution in [-0.2, 0) is 5.41 Å². The molecule has 5 heteroatoms. The van der Waals surface area contributed by atoms with Crippen molar-refractivity contribution in [1.82, 2.24) is 24.9 Å². The Morgan fingerprint density at radius 2 is 0.933 bits per heavy atom. The monoisotopic (exact) mass is 579 g/mol. The molecule has 4 aromatic carbocycles. The normalized spacial score (nSPS) is 12.8. The molecule has 0 bridgehead atoms. The van der Waals surface area contributed by atoms with Crippen molar-refractivity contribution in [3.63, 3.8) is 0 Å². The Balaban J connectivity index is 1.23. The van der Waals surface area contributed by atoms with Gasteiger partial charge in [-0.05, 0) is 58.7 Å². The third kappa shape index (κ3) is 4.79. The van der Waals surface area contributed by atoms with Gasteiger partial charge in [-0.25, -0.2) is 15.0 Å². The lowest BCUT2D eigenvalue weighted by molar-refractivity contribution is 0.660. The Kier molecular flexibility index (Phi) is 6.38. The molecule has 0 saturated carbocycles. The first-order valence-electron chi connectivity index (χ1n) is 15.1. The van der Waals surface area contributed by atoms with E-state index >= 15 is 0 Å². The van der Waals surface area contributed by atoms with Crippen LogP contribution in [0.15, 0.2) is 140 Å². The molecule has 0 saturated heterocycles. The van der Waals surface area contributed by atoms with Crippen molar-refractivity contribution in [2.75, 3.05) is 0 Å². The quantitative estimate of drug-likeness (QED) is 0.203. The zero-order valence-electron chi connectivity index (χ0n) is 25.0. The van der Waals surface area contributed by atoms with Crippen LogP contribution in [0.2, 0.25) is 0 Å². The summed E-state index contributed by atoms with van der Waals surface area (Å²) >= 11 is 0. The maximum Gasteiger partial charge on any atom is 0.164 e. The molecule has 214 valence electrons. The minimum atomic E-state index is -0.137. The summed E-state index contributed by atoms with van der Waals surface area (Å²) in [5.74, 6) is 1.96. The zero-order valence-corrected chi connectivity index (χ0v) is 25.0. The lowest BCUT2D eigenvalue weighted by atomic mass is 9.82. The molecular formula is C40H29N5. The highest BCUT2D eigenvalue weighted by molar-refractivity contribution is 5.86. The Hall–Kier alpha value is -5.81. The molecule has 1 aliphatic rings. The summed E-state index contributed by atoms with van der Waals surface area (Å²) in [7, 11) is 0. The molecule has 0 N–H and O–H groups in total. The largest absolute Gasteiger partial charge is 0.256 e. The summed E-state index contributed by atoms with van der Waals surface area (Å²) < 4.78 is 0. The summed E-state index contributed by atoms with van der Waals surface area (Å²) in [5, 5.41) is 0. The molecule has 7 aromatic rings. The lowest BCUT2D eigenvalue weighted by Gasteiger charge is -2.21. The van der Waals surface area contributed by atoms with Gasteiger partial charge in [0.1, 0.15) is 0 Å². The second-order valence-corrected chi connectivity index (χ2v) is 11.8. The highest BCUT2D eigenvalue weighted by atomic mass is 15.0. The second-order valence-electron chi connectivity index (χ2n) is 11.8. The minimum Gasteiger partial charge on any atom is -0.256 e. The van der Waals surface area contributed by atoms with Crippen molar-refractivity contribution in [2.45, 2.75) is 19.3 Å². The van der Waals surface area contributed by atoms with E-state index < -0.39 is 0 Å². The Morgan fingerprint density at radius 1 is 0.422 bits per heavy atom. The van der Waals surface area contributed by atoms with E-state index in [1.54, 1.807) is 6.20 Å². The second kappa shape index (κ2) is 10.7. The third-order valence-electron chi connectivity index (χ3n) is 8.65. The smallest absolute Gasteiger partial charge is 0.164 e. The predicted molar refractivity (Wildman–Crippen MR) is 180 cm³/mol. The van der Waals surface area contributed by atoms with Gasteiger partial charge in [0.2, 0.25) is 0 Å². The minimum absolute atomic E-state index is 0.137. The first-order chi connectivity index (χ1) is 22.0. The molecule has 0 fully saturated rings. The molecular weight excluding hydrogens is 550 g/mol. The van der Waals surface area contributed by atoms with Crippen molar-refractivity contribution in [3.05, 3.63) is 151 Å². The topological polar surface area (TPSA) is 64.5 Å². The van der Waals surface area contributed by atoms with Crippen molar-refractivity contribution in [3.8, 4) is 67.8 Å². The van der Waals surface area contributed by atoms with Gasteiger partial charge < -0.3 is 0 Å². The molecule has 3 heterocycles. The van der Waals surface area contributed by atoms with Crippen LogP contribution < -0.4 is 0 Å². The Labute approximate surface area is 262 Å². The maximum absolute atomic E-state index is 4.98. The van der Waals surface area contributed by atoms with Crippen LogP contribution in [-0.4, -0.2) is 24.9 Å². The van der Waals surface area contributed by atoms with E-state index in [1.165, 1.54) is 22.3 Å². The van der Waals surface area contributed by atoms with Gasteiger partial charge in [0.25, 0.3) is 0 Å². The molecule has 45 heavy (non-hydrogen) atoms. The summed E-state index contributed by atoms with van der Waals surface area (Å²) in [5.41, 5.74) is 11.6. The number of fused-ring (bicyclic) bond motifs is 3. The number of pyridine rings is 2. The van der Waals surface area contributed by atoms with E-state index in [4.69, 9.17) is 19.9 Å². The van der Waals surface area contributed by atoms with Gasteiger partial charge >= 0.3 is 0 Å². The Morgan fingerprint density at radius 3 is 1.49 bits per heavy atom. The van der Waals surface area contributed by atoms with Gasteiger partial charge in [0.15, 0.2) is 17.5 Å². The van der Waals surface area contributed by atoms with E-state index in [0.717, 1.165) is 39.2 Å². The fourth-order valence-corrected chi connectivity index (χ4v) is 6.26. The van der Waals surface area contributed by atoms with Crippen molar-refractivity contribution in [1.29, 1.82) is 0 Å². The molecule has 0 unspecified atom stereocenters. The number of nitrogens with zero attached hydrogens (tertiary/aromatic N) is 5. The van der Waals surface area contributed by atoms with Gasteiger partial charge in [0.05, 0.1) is 11.4 Å². The molecule has 0 amide bonds. The van der Waals surface area contributed by atoms with E-state index in [9.17, 15) is 0 Å². The zero-order chi connectivity index (χ0) is 30.4. The van der Waals surface area contributed by atoms with Crippen LogP contribution in [0.4, 0.5) is 0 Å². The van der Waals surface area contributed by atoms with Gasteiger partial charge in [-0.3, -0.25) is 9.97 Å². The van der Waals surface area contributed by atoms with Crippen LogP contribution in [0.5, 0.6) is 0 Å². The van der Waals surface area contributed by atoms with Crippen LogP contribution in [0.25, 0.3) is 67.8 Å². The van der Waals surface area contributed by atoms with Crippen molar-refractivity contribution in [2.24, 2.45) is 0 Å². The third-order valence-corrected chi connectivity index (χ3v) is 8.65. The highest BCUT2D eigenvalue weighted by Crippen LogP contribution is 2.50. The molecule has 3 aromatic heterocycles. The van der Waals surface area contributed by atoms with Gasteiger partial charge in [0, 0.05) is 45.6 Å². The summed E-state index contributed by atoms with van der Waals surface area (Å²) in [4.78, 5) is 24.1. The highest BCUT2D eigenvalue weighted by Gasteiger charge is 2.36. The number of hydrogen-bond acceptors (Lipinski definition) is 5. The van der Waals surface area contributed by atoms with Crippen molar-refractivity contribution < 1.29 is 0 Å². The van der Waals surface area contributed by atoms with E-state index in [0.29, 0.717) is 17.5 Å². The fourth-order valence-electron chi connectivity index (χ4n) is 6.26. The van der Waals surface area contributed by atoms with Crippen molar-refractivity contribution >= 4 is 0 Å². The number of benzene rings is 4. The summed E-state index contributed by atoms with van der Waals surface area (Å²) in [6, 6.07) is 43.6. The standard InChI is InChI=1S/C40H29N5/c1-40(2)33-19-16-28(36-21-18-30(25-42-36)35-15-9-10-22-41-35)23-31(33)32-24-29(17-20-34(32)40)39-44-37(26-11-5-3-6-12-26)43-38(45-39)27-13-7-4-8-14-27/h3-25H,1-2H3. The maximum atomic E-state index is 4.98. The van der Waals surface area contributed by atoms with Crippen LogP contribution in [0.1, 0.15) is 25.0 Å². The number of aromatic nitrogens is 5. The molecule has 5 nitrogen and oxygen atoms in total. The average molecular weight is 580 g/mol. The molecule has 0 spiro atoms. The van der Waals surface area contributed by atoms with Gasteiger partial charge in [-0.1, -0.05) is 105 Å².